The minimum Gasteiger partial charge on any atom is -0.388 e. The Hall–Kier alpha value is -1.77. The molecule has 3 nitrogen and oxygen atoms in total. The molecule has 0 amide bonds. The number of allylic oxidation sites excluding steroid dienone is 1. The molecule has 3 heteroatoms. The van der Waals surface area contributed by atoms with Crippen LogP contribution in [0.25, 0.3) is 5.70 Å². The Bertz CT molecular complexity index is 680. The van der Waals surface area contributed by atoms with Crippen LogP contribution in [0.1, 0.15) is 69.1 Å². The normalized spacial score (nSPS) is 22.0. The molecule has 2 aliphatic rings. The van der Waals surface area contributed by atoms with Gasteiger partial charge in [-0.05, 0) is 57.2 Å². The van der Waals surface area contributed by atoms with Gasteiger partial charge in [0, 0.05) is 41.5 Å². The predicted octanol–water partition coefficient (Wildman–Crippen LogP) is 4.84. The van der Waals surface area contributed by atoms with E-state index < -0.39 is 0 Å². The standard InChI is InChI=1S/C22H32N2O/c1-15-11-17-14-22(2,3)24-20(18(17)12-19(15)23-4)13-21(25)16-9-7-5-6-8-10-16/h11-13,16,23-24H,5-10,14H2,1-4H3/b20-13+. The minimum atomic E-state index is -0.0316. The van der Waals surface area contributed by atoms with Gasteiger partial charge in [-0.2, -0.15) is 0 Å². The SMILES string of the molecule is CNc1cc2c(cc1C)CC(C)(C)N/C2=C/C(=O)C1CCCCCC1. The lowest BCUT2D eigenvalue weighted by Crippen LogP contribution is -2.44. The fourth-order valence-electron chi connectivity index (χ4n) is 4.32. The smallest absolute Gasteiger partial charge is 0.160 e. The molecule has 0 atom stereocenters. The highest BCUT2D eigenvalue weighted by molar-refractivity contribution is 5.98. The molecule has 136 valence electrons. The quantitative estimate of drug-likeness (QED) is 0.611. The summed E-state index contributed by atoms with van der Waals surface area (Å²) in [6.07, 6.45) is 9.91. The molecular formula is C22H32N2O. The van der Waals surface area contributed by atoms with Crippen molar-refractivity contribution in [3.05, 3.63) is 34.9 Å². The number of rotatable bonds is 3. The summed E-state index contributed by atoms with van der Waals surface area (Å²) in [5.41, 5.74) is 5.87. The summed E-state index contributed by atoms with van der Waals surface area (Å²) in [7, 11) is 1.95. The number of nitrogens with one attached hydrogen (secondary N) is 2. The lowest BCUT2D eigenvalue weighted by molar-refractivity contribution is -0.118. The van der Waals surface area contributed by atoms with Crippen molar-refractivity contribution in [1.29, 1.82) is 0 Å². The Labute approximate surface area is 152 Å². The van der Waals surface area contributed by atoms with Gasteiger partial charge in [0.2, 0.25) is 0 Å². The number of aryl methyl sites for hydroxylation is 1. The second-order valence-corrected chi connectivity index (χ2v) is 8.41. The average molecular weight is 341 g/mol. The lowest BCUT2D eigenvalue weighted by Gasteiger charge is -2.36. The largest absolute Gasteiger partial charge is 0.388 e. The average Bonchev–Trinajstić information content (AvgIpc) is 2.82. The predicted molar refractivity (Wildman–Crippen MR) is 106 cm³/mol. The van der Waals surface area contributed by atoms with Gasteiger partial charge in [0.05, 0.1) is 0 Å². The molecule has 0 spiro atoms. The third-order valence-electron chi connectivity index (χ3n) is 5.66. The first-order chi connectivity index (χ1) is 11.9. The van der Waals surface area contributed by atoms with E-state index in [0.29, 0.717) is 5.78 Å². The van der Waals surface area contributed by atoms with Crippen molar-refractivity contribution in [3.63, 3.8) is 0 Å². The van der Waals surface area contributed by atoms with Crippen LogP contribution >= 0.6 is 0 Å². The van der Waals surface area contributed by atoms with Crippen molar-refractivity contribution in [3.8, 4) is 0 Å². The van der Waals surface area contributed by atoms with Crippen LogP contribution in [0.5, 0.6) is 0 Å². The van der Waals surface area contributed by atoms with Crippen molar-refractivity contribution in [1.82, 2.24) is 5.32 Å². The van der Waals surface area contributed by atoms with Gasteiger partial charge in [-0.15, -0.1) is 0 Å². The van der Waals surface area contributed by atoms with Gasteiger partial charge in [0.15, 0.2) is 5.78 Å². The molecule has 1 aromatic carbocycles. The molecule has 0 aromatic heterocycles. The third-order valence-corrected chi connectivity index (χ3v) is 5.66. The second kappa shape index (κ2) is 7.23. The summed E-state index contributed by atoms with van der Waals surface area (Å²) < 4.78 is 0. The maximum atomic E-state index is 12.9. The molecule has 1 aliphatic heterocycles. The van der Waals surface area contributed by atoms with Crippen LogP contribution in [0.3, 0.4) is 0 Å². The molecule has 0 saturated heterocycles. The van der Waals surface area contributed by atoms with Gasteiger partial charge < -0.3 is 10.6 Å². The lowest BCUT2D eigenvalue weighted by atomic mass is 9.83. The zero-order valence-electron chi connectivity index (χ0n) is 16.2. The van der Waals surface area contributed by atoms with Crippen LogP contribution in [-0.2, 0) is 11.2 Å². The van der Waals surface area contributed by atoms with Crippen molar-refractivity contribution < 1.29 is 4.79 Å². The molecule has 0 bridgehead atoms. The number of fused-ring (bicyclic) bond motifs is 1. The summed E-state index contributed by atoms with van der Waals surface area (Å²) in [5, 5.41) is 6.89. The highest BCUT2D eigenvalue weighted by atomic mass is 16.1. The second-order valence-electron chi connectivity index (χ2n) is 8.41. The molecule has 1 saturated carbocycles. The Morgan fingerprint density at radius 1 is 1.20 bits per heavy atom. The van der Waals surface area contributed by atoms with Crippen LogP contribution in [0.15, 0.2) is 18.2 Å². The molecule has 3 rings (SSSR count). The van der Waals surface area contributed by atoms with E-state index in [-0.39, 0.29) is 11.5 Å². The zero-order chi connectivity index (χ0) is 18.0. The molecule has 0 radical (unpaired) electrons. The summed E-state index contributed by atoms with van der Waals surface area (Å²) in [6.45, 7) is 6.56. The first kappa shape index (κ1) is 18.0. The van der Waals surface area contributed by atoms with Crippen molar-refractivity contribution in [2.24, 2.45) is 5.92 Å². The highest BCUT2D eigenvalue weighted by Gasteiger charge is 2.29. The third kappa shape index (κ3) is 4.08. The number of benzene rings is 1. The topological polar surface area (TPSA) is 41.1 Å². The van der Waals surface area contributed by atoms with Crippen molar-refractivity contribution in [2.75, 3.05) is 12.4 Å². The molecule has 0 unspecified atom stereocenters. The van der Waals surface area contributed by atoms with Crippen LogP contribution in [-0.4, -0.2) is 18.4 Å². The number of hydrogen-bond donors (Lipinski definition) is 2. The van der Waals surface area contributed by atoms with Gasteiger partial charge in [0.25, 0.3) is 0 Å². The molecule has 1 aromatic rings. The van der Waals surface area contributed by atoms with Gasteiger partial charge in [-0.25, -0.2) is 0 Å². The van der Waals surface area contributed by atoms with E-state index in [9.17, 15) is 4.79 Å². The Kier molecular flexibility index (Phi) is 5.21. The van der Waals surface area contributed by atoms with Gasteiger partial charge in [0.1, 0.15) is 0 Å². The Balaban J connectivity index is 1.96. The van der Waals surface area contributed by atoms with Crippen molar-refractivity contribution >= 4 is 17.2 Å². The van der Waals surface area contributed by atoms with Crippen LogP contribution < -0.4 is 10.6 Å². The summed E-state index contributed by atoms with van der Waals surface area (Å²) in [6, 6.07) is 4.47. The van der Waals surface area contributed by atoms with Gasteiger partial charge >= 0.3 is 0 Å². The van der Waals surface area contributed by atoms with E-state index >= 15 is 0 Å². The van der Waals surface area contributed by atoms with Gasteiger partial charge in [-0.1, -0.05) is 31.7 Å². The van der Waals surface area contributed by atoms with E-state index in [0.717, 1.165) is 30.6 Å². The number of anilines is 1. The molecule has 1 fully saturated rings. The van der Waals surface area contributed by atoms with E-state index in [1.165, 1.54) is 42.4 Å². The van der Waals surface area contributed by atoms with E-state index in [4.69, 9.17) is 0 Å². The Morgan fingerprint density at radius 3 is 2.52 bits per heavy atom. The number of hydrogen-bond acceptors (Lipinski definition) is 3. The fraction of sp³-hybridized carbons (Fsp3) is 0.591. The number of ketones is 1. The Morgan fingerprint density at radius 2 is 1.88 bits per heavy atom. The minimum absolute atomic E-state index is 0.0316. The number of carbonyl (C=O) groups excluding carboxylic acids is 1. The van der Waals surface area contributed by atoms with Crippen LogP contribution in [0.2, 0.25) is 0 Å². The first-order valence-electron chi connectivity index (χ1n) is 9.75. The van der Waals surface area contributed by atoms with E-state index in [1.54, 1.807) is 0 Å². The highest BCUT2D eigenvalue weighted by Crippen LogP contribution is 2.34. The molecule has 2 N–H and O–H groups in total. The molecule has 1 heterocycles. The monoisotopic (exact) mass is 340 g/mol. The maximum Gasteiger partial charge on any atom is 0.160 e. The van der Waals surface area contributed by atoms with Crippen LogP contribution in [0.4, 0.5) is 5.69 Å². The van der Waals surface area contributed by atoms with E-state index in [2.05, 4.69) is 43.5 Å². The zero-order valence-corrected chi connectivity index (χ0v) is 16.2. The summed E-state index contributed by atoms with van der Waals surface area (Å²) >= 11 is 0. The van der Waals surface area contributed by atoms with Crippen molar-refractivity contribution in [2.45, 2.75) is 71.3 Å². The van der Waals surface area contributed by atoms with E-state index in [1.807, 2.05) is 13.1 Å². The molecule has 1 aliphatic carbocycles. The fourth-order valence-corrected chi connectivity index (χ4v) is 4.32. The van der Waals surface area contributed by atoms with Gasteiger partial charge in [-0.3, -0.25) is 4.79 Å². The maximum absolute atomic E-state index is 12.9. The molecular weight excluding hydrogens is 308 g/mol. The molecule has 25 heavy (non-hydrogen) atoms. The summed E-state index contributed by atoms with van der Waals surface area (Å²) in [5.74, 6) is 0.513. The summed E-state index contributed by atoms with van der Waals surface area (Å²) in [4.78, 5) is 12.9. The number of carbonyl (C=O) groups is 1. The van der Waals surface area contributed by atoms with Crippen LogP contribution in [0, 0.1) is 12.8 Å². The first-order valence-corrected chi connectivity index (χ1v) is 9.75.